The van der Waals surface area contributed by atoms with Gasteiger partial charge in [0.25, 0.3) is 0 Å². The Balaban J connectivity index is 1.33. The summed E-state index contributed by atoms with van der Waals surface area (Å²) in [7, 11) is 0. The maximum Gasteiger partial charge on any atom is 0.163 e. The van der Waals surface area contributed by atoms with Crippen LogP contribution in [0.3, 0.4) is 0 Å². The minimum Gasteiger partial charge on any atom is -0.277 e. The summed E-state index contributed by atoms with van der Waals surface area (Å²) in [5, 5.41) is 4.28. The third-order valence-corrected chi connectivity index (χ3v) is 11.5. The molecule has 8 aromatic rings. The van der Waals surface area contributed by atoms with Crippen LogP contribution in [-0.2, 0) is 12.8 Å². The van der Waals surface area contributed by atoms with Gasteiger partial charge in [0.05, 0.1) is 16.7 Å². The minimum absolute atomic E-state index is 0.724. The Kier molecular flexibility index (Phi) is 5.63. The lowest BCUT2D eigenvalue weighted by molar-refractivity contribution is 1.05. The normalized spacial score (nSPS) is 14.1. The fourth-order valence-electron chi connectivity index (χ4n) is 7.02. The van der Waals surface area contributed by atoms with Crippen LogP contribution in [0.1, 0.15) is 11.1 Å². The first-order chi connectivity index (χ1) is 22.3. The number of aromatic nitrogens is 5. The van der Waals surface area contributed by atoms with Gasteiger partial charge in [0.1, 0.15) is 11.2 Å². The van der Waals surface area contributed by atoms with Crippen molar-refractivity contribution in [1.29, 1.82) is 0 Å². The largest absolute Gasteiger partial charge is 0.277 e. The number of hydrogen-bond donors (Lipinski definition) is 0. The molecule has 0 radical (unpaired) electrons. The zero-order valence-corrected chi connectivity index (χ0v) is 25.8. The second kappa shape index (κ2) is 9.89. The van der Waals surface area contributed by atoms with Crippen LogP contribution in [0.5, 0.6) is 0 Å². The van der Waals surface area contributed by atoms with E-state index in [9.17, 15) is 0 Å². The quantitative estimate of drug-likeness (QED) is 0.185. The highest BCUT2D eigenvalue weighted by molar-refractivity contribution is 8.00. The molecule has 2 aliphatic rings. The number of hydrogen-bond acceptors (Lipinski definition) is 6. The molecule has 6 heterocycles. The summed E-state index contributed by atoms with van der Waals surface area (Å²) >= 11 is 3.83. The van der Waals surface area contributed by atoms with Crippen molar-refractivity contribution in [3.8, 4) is 28.5 Å². The Hall–Kier alpha value is -4.72. The Morgan fingerprint density at radius 1 is 0.578 bits per heavy atom. The molecule has 4 aromatic heterocycles. The maximum atomic E-state index is 5.39. The van der Waals surface area contributed by atoms with Gasteiger partial charge in [0.15, 0.2) is 11.6 Å². The highest BCUT2D eigenvalue weighted by Crippen LogP contribution is 2.42. The molecule has 0 bridgehead atoms. The minimum atomic E-state index is 0.724. The van der Waals surface area contributed by atoms with Crippen LogP contribution in [0.4, 0.5) is 0 Å². The third-order valence-electron chi connectivity index (χ3n) is 9.10. The van der Waals surface area contributed by atoms with Gasteiger partial charge >= 0.3 is 0 Å². The molecular formula is C38H25N5S2. The van der Waals surface area contributed by atoms with Gasteiger partial charge in [-0.05, 0) is 54.3 Å². The fourth-order valence-corrected chi connectivity index (χ4v) is 9.42. The highest BCUT2D eigenvalue weighted by atomic mass is 32.2. The molecule has 0 spiro atoms. The molecule has 0 saturated carbocycles. The molecule has 5 nitrogen and oxygen atoms in total. The Bertz CT molecular complexity index is 2460. The molecule has 4 aromatic carbocycles. The van der Waals surface area contributed by atoms with E-state index in [0.717, 1.165) is 91.0 Å². The van der Waals surface area contributed by atoms with Crippen molar-refractivity contribution in [2.75, 3.05) is 11.5 Å². The van der Waals surface area contributed by atoms with Crippen LogP contribution in [0.25, 0.3) is 72.2 Å². The summed E-state index contributed by atoms with van der Waals surface area (Å²) in [6, 6.07) is 34.5. The van der Waals surface area contributed by atoms with E-state index in [1.54, 1.807) is 0 Å². The van der Waals surface area contributed by atoms with Crippen LogP contribution >= 0.6 is 23.5 Å². The van der Waals surface area contributed by atoms with Gasteiger partial charge in [-0.2, -0.15) is 0 Å². The lowest BCUT2D eigenvalue weighted by Crippen LogP contribution is -2.04. The fraction of sp³-hybridized carbons (Fsp3) is 0.105. The summed E-state index contributed by atoms with van der Waals surface area (Å²) in [6.07, 6.45) is 4.04. The van der Waals surface area contributed by atoms with Gasteiger partial charge < -0.3 is 0 Å². The molecule has 0 unspecified atom stereocenters. The number of pyridine rings is 2. The van der Waals surface area contributed by atoms with Gasteiger partial charge in [-0.1, -0.05) is 66.7 Å². The summed E-state index contributed by atoms with van der Waals surface area (Å²) in [4.78, 5) is 23.7. The molecular weight excluding hydrogens is 591 g/mol. The predicted octanol–water partition coefficient (Wildman–Crippen LogP) is 9.30. The molecule has 0 saturated heterocycles. The second-order valence-corrected chi connectivity index (χ2v) is 13.8. The number of para-hydroxylation sites is 1. The number of benzene rings is 4. The highest BCUT2D eigenvalue weighted by Gasteiger charge is 2.23. The van der Waals surface area contributed by atoms with Crippen molar-refractivity contribution < 1.29 is 0 Å². The van der Waals surface area contributed by atoms with Crippen LogP contribution in [0.2, 0.25) is 0 Å². The van der Waals surface area contributed by atoms with E-state index in [0.29, 0.717) is 0 Å². The standard InChI is InChI=1S/C38H25N5S2/c1-2-12-31-25(8-1)26-11-5-19-39-37(26)43(31)38-28-15-13-22-14-16-30(27-9-3-6-23-17-20-44-34(23)27)40-32(22)33(28)41-36(42-38)29-10-4-7-24-18-21-45-35(24)29/h1-16,19H,17-18,20-21H2. The van der Waals surface area contributed by atoms with Crippen LogP contribution in [0, 0.1) is 0 Å². The summed E-state index contributed by atoms with van der Waals surface area (Å²) in [5.41, 5.74) is 9.76. The first-order valence-corrected chi connectivity index (χ1v) is 17.3. The lowest BCUT2D eigenvalue weighted by atomic mass is 10.0. The molecule has 0 aliphatic carbocycles. The van der Waals surface area contributed by atoms with Gasteiger partial charge in [0.2, 0.25) is 0 Å². The van der Waals surface area contributed by atoms with Crippen molar-refractivity contribution in [3.05, 3.63) is 114 Å². The molecule has 0 fully saturated rings. The number of rotatable bonds is 3. The summed E-state index contributed by atoms with van der Waals surface area (Å²) < 4.78 is 2.21. The molecule has 0 N–H and O–H groups in total. The Labute approximate surface area is 267 Å². The molecule has 0 atom stereocenters. The average Bonchev–Trinajstić information content (AvgIpc) is 3.85. The second-order valence-electron chi connectivity index (χ2n) is 11.6. The topological polar surface area (TPSA) is 56.5 Å². The zero-order valence-electron chi connectivity index (χ0n) is 24.2. The molecule has 10 rings (SSSR count). The van der Waals surface area contributed by atoms with E-state index in [4.69, 9.17) is 19.9 Å². The van der Waals surface area contributed by atoms with E-state index in [1.165, 1.54) is 26.5 Å². The lowest BCUT2D eigenvalue weighted by Gasteiger charge is -2.15. The third kappa shape index (κ3) is 3.84. The summed E-state index contributed by atoms with van der Waals surface area (Å²) in [5.74, 6) is 3.75. The number of fused-ring (bicyclic) bond motifs is 8. The average molecular weight is 616 g/mol. The van der Waals surface area contributed by atoms with Crippen molar-refractivity contribution in [2.24, 2.45) is 0 Å². The molecule has 45 heavy (non-hydrogen) atoms. The van der Waals surface area contributed by atoms with Crippen LogP contribution in [-0.4, -0.2) is 36.0 Å². The number of thioether (sulfide) groups is 2. The SMILES string of the molecule is c1cc2c(c(-c3ccc4ccc5c(-n6c7ccccc7c7cccnc76)nc(-c6cccc7c6SCC7)nc5c4n3)c1)SCC2. The Morgan fingerprint density at radius 2 is 1.33 bits per heavy atom. The van der Waals surface area contributed by atoms with Gasteiger partial charge in [-0.15, -0.1) is 23.5 Å². The molecule has 7 heteroatoms. The Morgan fingerprint density at radius 3 is 2.20 bits per heavy atom. The zero-order chi connectivity index (χ0) is 29.5. The molecule has 214 valence electrons. The summed E-state index contributed by atoms with van der Waals surface area (Å²) in [6.45, 7) is 0. The van der Waals surface area contributed by atoms with Crippen molar-refractivity contribution in [3.63, 3.8) is 0 Å². The van der Waals surface area contributed by atoms with Crippen molar-refractivity contribution in [2.45, 2.75) is 22.6 Å². The van der Waals surface area contributed by atoms with E-state index in [2.05, 4.69) is 95.6 Å². The van der Waals surface area contributed by atoms with Gasteiger partial charge in [-0.3, -0.25) is 4.57 Å². The van der Waals surface area contributed by atoms with E-state index >= 15 is 0 Å². The van der Waals surface area contributed by atoms with E-state index < -0.39 is 0 Å². The van der Waals surface area contributed by atoms with E-state index in [1.807, 2.05) is 35.8 Å². The van der Waals surface area contributed by atoms with Gasteiger partial charge in [-0.25, -0.2) is 19.9 Å². The van der Waals surface area contributed by atoms with Crippen molar-refractivity contribution >= 4 is 67.3 Å². The first-order valence-electron chi connectivity index (χ1n) is 15.3. The predicted molar refractivity (Wildman–Crippen MR) is 187 cm³/mol. The monoisotopic (exact) mass is 615 g/mol. The molecule has 0 amide bonds. The first kappa shape index (κ1) is 25.6. The maximum absolute atomic E-state index is 5.39. The smallest absolute Gasteiger partial charge is 0.163 e. The number of nitrogens with zero attached hydrogens (tertiary/aromatic N) is 5. The van der Waals surface area contributed by atoms with Crippen LogP contribution < -0.4 is 0 Å². The van der Waals surface area contributed by atoms with Crippen LogP contribution in [0.15, 0.2) is 113 Å². The molecule has 2 aliphatic heterocycles. The number of aryl methyl sites for hydroxylation is 2. The van der Waals surface area contributed by atoms with E-state index in [-0.39, 0.29) is 0 Å². The van der Waals surface area contributed by atoms with Gasteiger partial charge in [0, 0.05) is 60.2 Å². The van der Waals surface area contributed by atoms with Crippen molar-refractivity contribution in [1.82, 2.24) is 24.5 Å².